The van der Waals surface area contributed by atoms with Gasteiger partial charge in [0.2, 0.25) is 0 Å². The number of nitrogens with zero attached hydrogens (tertiary/aromatic N) is 1. The van der Waals surface area contributed by atoms with E-state index in [-0.39, 0.29) is 5.04 Å². The summed E-state index contributed by atoms with van der Waals surface area (Å²) in [6.07, 6.45) is 0.959. The molecule has 0 radical (unpaired) electrons. The summed E-state index contributed by atoms with van der Waals surface area (Å²) in [4.78, 5) is 0. The zero-order chi connectivity index (χ0) is 16.9. The van der Waals surface area contributed by atoms with E-state index >= 15 is 0 Å². The van der Waals surface area contributed by atoms with Crippen LogP contribution < -0.4 is 10.4 Å². The third kappa shape index (κ3) is 3.29. The first-order valence-electron chi connectivity index (χ1n) is 7.77. The van der Waals surface area contributed by atoms with Crippen molar-refractivity contribution in [3.63, 3.8) is 0 Å². The zero-order valence-corrected chi connectivity index (χ0v) is 15.0. The molecule has 0 heterocycles. The predicted molar refractivity (Wildman–Crippen MR) is 98.3 cm³/mol. The van der Waals surface area contributed by atoms with Gasteiger partial charge in [-0.05, 0) is 21.5 Å². The molecule has 2 aromatic rings. The first-order valence-corrected chi connectivity index (χ1v) is 9.67. The molecule has 23 heavy (non-hydrogen) atoms. The first kappa shape index (κ1) is 17.2. The Morgan fingerprint density at radius 1 is 1.00 bits per heavy atom. The second-order valence-corrected chi connectivity index (χ2v) is 10.8. The molecule has 0 aliphatic rings. The largest absolute Gasteiger partial charge is 0.389 e. The molecule has 0 aromatic heterocycles. The third-order valence-electron chi connectivity index (χ3n) is 4.06. The average molecular weight is 321 g/mol. The maximum Gasteiger partial charge on any atom is 0.263 e. The van der Waals surface area contributed by atoms with Crippen LogP contribution in [0.15, 0.2) is 73.3 Å². The summed E-state index contributed by atoms with van der Waals surface area (Å²) in [7, 11) is -2.65. The van der Waals surface area contributed by atoms with Crippen LogP contribution in [0.2, 0.25) is 5.04 Å². The maximum atomic E-state index is 9.42. The van der Waals surface area contributed by atoms with Gasteiger partial charge in [0.15, 0.2) is 6.10 Å². The third-order valence-corrected chi connectivity index (χ3v) is 9.07. The van der Waals surface area contributed by atoms with Crippen molar-refractivity contribution in [2.24, 2.45) is 0 Å². The summed E-state index contributed by atoms with van der Waals surface area (Å²) in [5, 5.41) is 11.6. The van der Waals surface area contributed by atoms with Crippen LogP contribution in [0.25, 0.3) is 0 Å². The SMILES string of the molecule is C=C[C@@H](C#N)O[Si](c1ccccc1)(c1ccccc1)C(C)(C)C. The number of benzene rings is 2. The molecule has 0 aliphatic heterocycles. The minimum absolute atomic E-state index is 0.131. The lowest BCUT2D eigenvalue weighted by atomic mass is 10.2. The van der Waals surface area contributed by atoms with Crippen molar-refractivity contribution in [2.45, 2.75) is 31.9 Å². The van der Waals surface area contributed by atoms with Gasteiger partial charge in [-0.1, -0.05) is 88.0 Å². The quantitative estimate of drug-likeness (QED) is 0.622. The van der Waals surface area contributed by atoms with Crippen LogP contribution in [0.5, 0.6) is 0 Å². The minimum atomic E-state index is -2.65. The fourth-order valence-corrected chi connectivity index (χ4v) is 7.55. The lowest BCUT2D eigenvalue weighted by Crippen LogP contribution is -2.67. The van der Waals surface area contributed by atoms with Gasteiger partial charge in [0.1, 0.15) is 0 Å². The van der Waals surface area contributed by atoms with Gasteiger partial charge in [0, 0.05) is 0 Å². The molecule has 2 rings (SSSR count). The van der Waals surface area contributed by atoms with Crippen molar-refractivity contribution in [1.29, 1.82) is 5.26 Å². The highest BCUT2D eigenvalue weighted by Crippen LogP contribution is 2.37. The molecule has 0 amide bonds. The molecule has 0 saturated heterocycles. The molecule has 3 heteroatoms. The van der Waals surface area contributed by atoms with Gasteiger partial charge in [-0.3, -0.25) is 0 Å². The van der Waals surface area contributed by atoms with Crippen molar-refractivity contribution in [1.82, 2.24) is 0 Å². The molecular formula is C20H23NOSi. The average Bonchev–Trinajstić information content (AvgIpc) is 2.57. The van der Waals surface area contributed by atoms with Gasteiger partial charge in [-0.15, -0.1) is 0 Å². The molecule has 0 fully saturated rings. The van der Waals surface area contributed by atoms with E-state index in [9.17, 15) is 5.26 Å². The Labute approximate surface area is 140 Å². The molecule has 0 saturated carbocycles. The second-order valence-electron chi connectivity index (χ2n) is 6.57. The summed E-state index contributed by atoms with van der Waals surface area (Å²) >= 11 is 0. The van der Waals surface area contributed by atoms with Gasteiger partial charge >= 0.3 is 0 Å². The normalized spacial score (nSPS) is 13.1. The highest BCUT2D eigenvalue weighted by atomic mass is 28.4. The van der Waals surface area contributed by atoms with E-state index in [2.05, 4.69) is 57.7 Å². The van der Waals surface area contributed by atoms with Crippen molar-refractivity contribution >= 4 is 18.7 Å². The van der Waals surface area contributed by atoms with Gasteiger partial charge in [-0.2, -0.15) is 5.26 Å². The molecule has 1 atom stereocenters. The molecular weight excluding hydrogens is 298 g/mol. The minimum Gasteiger partial charge on any atom is -0.389 e. The Morgan fingerprint density at radius 3 is 1.74 bits per heavy atom. The summed E-state index contributed by atoms with van der Waals surface area (Å²) in [5.41, 5.74) is 0. The first-order chi connectivity index (χ1) is 11.0. The Balaban J connectivity index is 2.75. The lowest BCUT2D eigenvalue weighted by molar-refractivity contribution is 0.283. The van der Waals surface area contributed by atoms with Crippen molar-refractivity contribution in [2.75, 3.05) is 0 Å². The number of nitriles is 1. The van der Waals surface area contributed by atoms with Gasteiger partial charge in [0.05, 0.1) is 6.07 Å². The van der Waals surface area contributed by atoms with E-state index in [1.54, 1.807) is 6.08 Å². The summed E-state index contributed by atoms with van der Waals surface area (Å²) in [6, 6.07) is 22.8. The fourth-order valence-electron chi connectivity index (χ4n) is 3.01. The molecule has 0 bridgehead atoms. The van der Waals surface area contributed by atoms with Gasteiger partial charge < -0.3 is 4.43 Å². The van der Waals surface area contributed by atoms with Gasteiger partial charge in [-0.25, -0.2) is 0 Å². The van der Waals surface area contributed by atoms with E-state index in [4.69, 9.17) is 4.43 Å². The fraction of sp³-hybridized carbons (Fsp3) is 0.250. The van der Waals surface area contributed by atoms with Crippen LogP contribution in [0.1, 0.15) is 20.8 Å². The number of hydrogen-bond acceptors (Lipinski definition) is 2. The van der Waals surface area contributed by atoms with Crippen LogP contribution in [0.4, 0.5) is 0 Å². The molecule has 0 unspecified atom stereocenters. The Kier molecular flexibility index (Phi) is 5.20. The van der Waals surface area contributed by atoms with E-state index in [1.165, 1.54) is 10.4 Å². The molecule has 2 nitrogen and oxygen atoms in total. The Hall–Kier alpha value is -2.15. The lowest BCUT2D eigenvalue weighted by Gasteiger charge is -2.43. The predicted octanol–water partition coefficient (Wildman–Crippen LogP) is 3.64. The van der Waals surface area contributed by atoms with E-state index in [1.807, 2.05) is 36.4 Å². The molecule has 0 spiro atoms. The van der Waals surface area contributed by atoms with Crippen LogP contribution in [0, 0.1) is 11.3 Å². The van der Waals surface area contributed by atoms with Crippen LogP contribution in [0.3, 0.4) is 0 Å². The topological polar surface area (TPSA) is 33.0 Å². The van der Waals surface area contributed by atoms with Crippen molar-refractivity contribution in [3.8, 4) is 6.07 Å². The number of rotatable bonds is 5. The van der Waals surface area contributed by atoms with Crippen molar-refractivity contribution < 1.29 is 4.43 Å². The highest BCUT2D eigenvalue weighted by Gasteiger charge is 2.51. The van der Waals surface area contributed by atoms with Gasteiger partial charge in [0.25, 0.3) is 8.32 Å². The highest BCUT2D eigenvalue weighted by molar-refractivity contribution is 6.99. The zero-order valence-electron chi connectivity index (χ0n) is 14.0. The maximum absolute atomic E-state index is 9.42. The molecule has 0 aliphatic carbocycles. The van der Waals surface area contributed by atoms with E-state index < -0.39 is 14.4 Å². The molecule has 2 aromatic carbocycles. The van der Waals surface area contributed by atoms with E-state index in [0.29, 0.717) is 0 Å². The summed E-state index contributed by atoms with van der Waals surface area (Å²) in [6.45, 7) is 10.3. The van der Waals surface area contributed by atoms with E-state index in [0.717, 1.165) is 0 Å². The standard InChI is InChI=1S/C20H23NOSi/c1-5-17(16-21)22-23(20(2,3)4,18-12-8-6-9-13-18)19-14-10-7-11-15-19/h5-15,17H,1H2,2-4H3/t17-/m0/s1. The monoisotopic (exact) mass is 321 g/mol. The molecule has 0 N–H and O–H groups in total. The Bertz CT molecular complexity index is 644. The smallest absolute Gasteiger partial charge is 0.263 e. The summed E-state index contributed by atoms with van der Waals surface area (Å²) < 4.78 is 6.53. The number of hydrogen-bond donors (Lipinski definition) is 0. The van der Waals surface area contributed by atoms with Crippen LogP contribution in [-0.4, -0.2) is 14.4 Å². The summed E-state index contributed by atoms with van der Waals surface area (Å²) in [5.74, 6) is 0. The molecule has 118 valence electrons. The second kappa shape index (κ2) is 6.95. The van der Waals surface area contributed by atoms with Crippen LogP contribution >= 0.6 is 0 Å². The van der Waals surface area contributed by atoms with Crippen LogP contribution in [-0.2, 0) is 4.43 Å². The van der Waals surface area contributed by atoms with Crippen molar-refractivity contribution in [3.05, 3.63) is 73.3 Å². The Morgan fingerprint density at radius 2 is 1.43 bits per heavy atom.